The molecule has 0 radical (unpaired) electrons. The molecule has 1 heterocycles. The lowest BCUT2D eigenvalue weighted by Crippen LogP contribution is -2.54. The zero-order chi connectivity index (χ0) is 14.9. The van der Waals surface area contributed by atoms with Crippen molar-refractivity contribution in [2.24, 2.45) is 0 Å². The van der Waals surface area contributed by atoms with Crippen LogP contribution in [0.1, 0.15) is 0 Å². The molecule has 1 rings (SSSR count). The first-order valence-electron chi connectivity index (χ1n) is 4.47. The van der Waals surface area contributed by atoms with Crippen molar-refractivity contribution in [2.75, 3.05) is 6.61 Å². The van der Waals surface area contributed by atoms with Crippen LogP contribution >= 0.6 is 0 Å². The molecule has 1 aromatic rings. The number of hydrogen-bond donors (Lipinski definition) is 1. The van der Waals surface area contributed by atoms with E-state index in [1.54, 1.807) is 0 Å². The van der Waals surface area contributed by atoms with Gasteiger partial charge in [-0.25, -0.2) is 4.98 Å². The molecule has 0 unspecified atom stereocenters. The SMILES string of the molecule is O=c1cc(OCC(F)(F)C(F)(F)C(F)(F)F)nc[nH]1. The number of H-pyrrole nitrogens is 1. The van der Waals surface area contributed by atoms with Crippen molar-refractivity contribution in [3.8, 4) is 5.88 Å². The molecule has 11 heteroatoms. The number of rotatable bonds is 4. The lowest BCUT2D eigenvalue weighted by molar-refractivity contribution is -0.358. The number of ether oxygens (including phenoxy) is 1. The van der Waals surface area contributed by atoms with E-state index in [0.717, 1.165) is 0 Å². The summed E-state index contributed by atoms with van der Waals surface area (Å²) < 4.78 is 89.7. The lowest BCUT2D eigenvalue weighted by Gasteiger charge is -2.27. The molecule has 19 heavy (non-hydrogen) atoms. The van der Waals surface area contributed by atoms with Crippen molar-refractivity contribution in [1.29, 1.82) is 0 Å². The summed E-state index contributed by atoms with van der Waals surface area (Å²) in [5.74, 6) is -12.6. The van der Waals surface area contributed by atoms with Gasteiger partial charge in [0.05, 0.1) is 12.4 Å². The van der Waals surface area contributed by atoms with Crippen LogP contribution in [0.15, 0.2) is 17.2 Å². The fraction of sp³-hybridized carbons (Fsp3) is 0.500. The standard InChI is InChI=1S/C8H5F7N2O2/c9-6(10,7(11,12)8(13,14)15)2-19-5-1-4(18)16-3-17-5/h1,3H,2H2,(H,16,17,18). The number of nitrogens with zero attached hydrogens (tertiary/aromatic N) is 1. The molecule has 0 aliphatic heterocycles. The second-order valence-electron chi connectivity index (χ2n) is 3.31. The van der Waals surface area contributed by atoms with E-state index in [4.69, 9.17) is 0 Å². The molecule has 0 aromatic carbocycles. The Labute approximate surface area is 99.8 Å². The zero-order valence-corrected chi connectivity index (χ0v) is 8.77. The second-order valence-corrected chi connectivity index (χ2v) is 3.31. The highest BCUT2D eigenvalue weighted by Gasteiger charge is 2.73. The molecule has 108 valence electrons. The molecular weight excluding hydrogens is 289 g/mol. The van der Waals surface area contributed by atoms with Crippen LogP contribution in [-0.4, -0.2) is 34.6 Å². The van der Waals surface area contributed by atoms with E-state index in [1.165, 1.54) is 0 Å². The predicted molar refractivity (Wildman–Crippen MR) is 46.3 cm³/mol. The van der Waals surface area contributed by atoms with E-state index >= 15 is 0 Å². The van der Waals surface area contributed by atoms with Gasteiger partial charge >= 0.3 is 18.0 Å². The zero-order valence-electron chi connectivity index (χ0n) is 8.77. The van der Waals surface area contributed by atoms with E-state index in [9.17, 15) is 35.5 Å². The average molecular weight is 294 g/mol. The van der Waals surface area contributed by atoms with Crippen LogP contribution in [0.25, 0.3) is 0 Å². The molecule has 0 fully saturated rings. The molecule has 1 aromatic heterocycles. The summed E-state index contributed by atoms with van der Waals surface area (Å²) in [4.78, 5) is 15.8. The first kappa shape index (κ1) is 15.2. The molecule has 0 amide bonds. The maximum Gasteiger partial charge on any atom is 0.460 e. The Hall–Kier alpha value is -1.81. The summed E-state index contributed by atoms with van der Waals surface area (Å²) in [6.45, 7) is -2.28. The maximum absolute atomic E-state index is 12.8. The van der Waals surface area contributed by atoms with E-state index in [2.05, 4.69) is 9.72 Å². The minimum Gasteiger partial charge on any atom is -0.471 e. The Morgan fingerprint density at radius 2 is 1.74 bits per heavy atom. The van der Waals surface area contributed by atoms with Crippen molar-refractivity contribution in [1.82, 2.24) is 9.97 Å². The van der Waals surface area contributed by atoms with Crippen LogP contribution in [0.3, 0.4) is 0 Å². The second kappa shape index (κ2) is 4.70. The number of nitrogens with one attached hydrogen (secondary N) is 1. The Balaban J connectivity index is 2.84. The van der Waals surface area contributed by atoms with Gasteiger partial charge in [-0.3, -0.25) is 4.79 Å². The number of halogens is 7. The minimum atomic E-state index is -6.43. The van der Waals surface area contributed by atoms with Gasteiger partial charge in [0, 0.05) is 0 Å². The monoisotopic (exact) mass is 294 g/mol. The molecule has 0 spiro atoms. The highest BCUT2D eigenvalue weighted by atomic mass is 19.4. The Morgan fingerprint density at radius 3 is 2.21 bits per heavy atom. The summed E-state index contributed by atoms with van der Waals surface area (Å²) in [5, 5.41) is 0. The minimum absolute atomic E-state index is 0.516. The summed E-state index contributed by atoms with van der Waals surface area (Å²) in [6, 6.07) is 0.516. The maximum atomic E-state index is 12.8. The van der Waals surface area contributed by atoms with Crippen LogP contribution < -0.4 is 10.3 Å². The first-order valence-corrected chi connectivity index (χ1v) is 4.47. The van der Waals surface area contributed by atoms with E-state index < -0.39 is 36.1 Å². The van der Waals surface area contributed by atoms with E-state index in [-0.39, 0.29) is 0 Å². The van der Waals surface area contributed by atoms with Gasteiger partial charge in [0.15, 0.2) is 6.61 Å². The number of hydrogen-bond acceptors (Lipinski definition) is 3. The fourth-order valence-corrected chi connectivity index (χ4v) is 0.892. The van der Waals surface area contributed by atoms with Gasteiger partial charge in [-0.2, -0.15) is 30.7 Å². The van der Waals surface area contributed by atoms with Gasteiger partial charge in [0.25, 0.3) is 5.56 Å². The van der Waals surface area contributed by atoms with E-state index in [1.807, 2.05) is 4.98 Å². The highest BCUT2D eigenvalue weighted by molar-refractivity contribution is 5.05. The van der Waals surface area contributed by atoms with Crippen LogP contribution in [0.5, 0.6) is 5.88 Å². The first-order chi connectivity index (χ1) is 8.47. The van der Waals surface area contributed by atoms with Gasteiger partial charge in [-0.1, -0.05) is 0 Å². The van der Waals surface area contributed by atoms with Crippen LogP contribution in [-0.2, 0) is 0 Å². The molecule has 0 bridgehead atoms. The predicted octanol–water partition coefficient (Wildman–Crippen LogP) is 1.98. The highest BCUT2D eigenvalue weighted by Crippen LogP contribution is 2.46. The topological polar surface area (TPSA) is 55.0 Å². The lowest BCUT2D eigenvalue weighted by atomic mass is 10.2. The number of alkyl halides is 7. The Bertz CT molecular complexity index is 496. The molecule has 4 nitrogen and oxygen atoms in total. The number of aromatic nitrogens is 2. The molecule has 0 aliphatic carbocycles. The van der Waals surface area contributed by atoms with Gasteiger partial charge in [0.1, 0.15) is 0 Å². The molecule has 0 aliphatic rings. The van der Waals surface area contributed by atoms with Crippen LogP contribution in [0.4, 0.5) is 30.7 Å². The average Bonchev–Trinajstić information content (AvgIpc) is 2.25. The van der Waals surface area contributed by atoms with Crippen molar-refractivity contribution in [2.45, 2.75) is 18.0 Å². The smallest absolute Gasteiger partial charge is 0.460 e. The van der Waals surface area contributed by atoms with Crippen molar-refractivity contribution < 1.29 is 35.5 Å². The van der Waals surface area contributed by atoms with E-state index in [0.29, 0.717) is 12.4 Å². The molecule has 1 N–H and O–H groups in total. The largest absolute Gasteiger partial charge is 0.471 e. The van der Waals surface area contributed by atoms with Crippen LogP contribution in [0.2, 0.25) is 0 Å². The number of aromatic amines is 1. The molecule has 0 saturated carbocycles. The molecule has 0 saturated heterocycles. The fourth-order valence-electron chi connectivity index (χ4n) is 0.892. The van der Waals surface area contributed by atoms with Gasteiger partial charge < -0.3 is 9.72 Å². The third-order valence-corrected chi connectivity index (χ3v) is 1.87. The third-order valence-electron chi connectivity index (χ3n) is 1.87. The summed E-state index contributed by atoms with van der Waals surface area (Å²) in [7, 11) is 0. The Kier molecular flexibility index (Phi) is 3.77. The summed E-state index contributed by atoms with van der Waals surface area (Å²) in [6.07, 6.45) is -5.72. The third kappa shape index (κ3) is 3.15. The quantitative estimate of drug-likeness (QED) is 0.864. The van der Waals surface area contributed by atoms with Crippen molar-refractivity contribution >= 4 is 0 Å². The van der Waals surface area contributed by atoms with Crippen molar-refractivity contribution in [3.05, 3.63) is 22.7 Å². The summed E-state index contributed by atoms with van der Waals surface area (Å²) >= 11 is 0. The molecule has 0 atom stereocenters. The van der Waals surface area contributed by atoms with Crippen molar-refractivity contribution in [3.63, 3.8) is 0 Å². The molecular formula is C8H5F7N2O2. The Morgan fingerprint density at radius 1 is 1.16 bits per heavy atom. The van der Waals surface area contributed by atoms with Gasteiger partial charge in [-0.15, -0.1) is 0 Å². The van der Waals surface area contributed by atoms with Gasteiger partial charge in [0.2, 0.25) is 5.88 Å². The summed E-state index contributed by atoms with van der Waals surface area (Å²) in [5.41, 5.74) is -0.851. The van der Waals surface area contributed by atoms with Crippen LogP contribution in [0, 0.1) is 0 Å². The normalized spacial score (nSPS) is 13.4. The van der Waals surface area contributed by atoms with Gasteiger partial charge in [-0.05, 0) is 0 Å².